The van der Waals surface area contributed by atoms with Crippen LogP contribution in [0.25, 0.3) is 0 Å². The number of hydrogen-bond acceptors (Lipinski definition) is 2. The van der Waals surface area contributed by atoms with Crippen LogP contribution in [0.15, 0.2) is 24.3 Å². The SMILES string of the molecule is CC(C)C(COc1ccc(Cl)cc1)C(=O)O. The highest BCUT2D eigenvalue weighted by molar-refractivity contribution is 6.30. The molecule has 0 aliphatic rings. The first kappa shape index (κ1) is 12.8. The molecule has 1 atom stereocenters. The van der Waals surface area contributed by atoms with Gasteiger partial charge in [-0.2, -0.15) is 0 Å². The molecule has 0 saturated heterocycles. The summed E-state index contributed by atoms with van der Waals surface area (Å²) in [4.78, 5) is 10.9. The van der Waals surface area contributed by atoms with Crippen molar-refractivity contribution >= 4 is 17.6 Å². The molecule has 1 unspecified atom stereocenters. The molecule has 0 spiro atoms. The molecule has 0 aromatic heterocycles. The number of aliphatic carboxylic acids is 1. The van der Waals surface area contributed by atoms with Gasteiger partial charge in [-0.25, -0.2) is 0 Å². The summed E-state index contributed by atoms with van der Waals surface area (Å²) in [6.45, 7) is 3.91. The fourth-order valence-corrected chi connectivity index (χ4v) is 1.39. The van der Waals surface area contributed by atoms with E-state index in [-0.39, 0.29) is 12.5 Å². The van der Waals surface area contributed by atoms with Gasteiger partial charge in [0.05, 0.1) is 5.92 Å². The Hall–Kier alpha value is -1.22. The van der Waals surface area contributed by atoms with Crippen LogP contribution >= 0.6 is 11.6 Å². The summed E-state index contributed by atoms with van der Waals surface area (Å²) >= 11 is 5.73. The van der Waals surface area contributed by atoms with Gasteiger partial charge < -0.3 is 9.84 Å². The summed E-state index contributed by atoms with van der Waals surface area (Å²) in [6, 6.07) is 6.87. The Morgan fingerprint density at radius 2 is 1.94 bits per heavy atom. The fraction of sp³-hybridized carbons (Fsp3) is 0.417. The number of carboxylic acid groups (broad SMARTS) is 1. The topological polar surface area (TPSA) is 46.5 Å². The third-order valence-electron chi connectivity index (χ3n) is 2.37. The van der Waals surface area contributed by atoms with Crippen LogP contribution < -0.4 is 4.74 Å². The largest absolute Gasteiger partial charge is 0.493 e. The average molecular weight is 243 g/mol. The minimum Gasteiger partial charge on any atom is -0.493 e. The molecule has 0 bridgehead atoms. The number of carboxylic acids is 1. The number of carbonyl (C=O) groups is 1. The van der Waals surface area contributed by atoms with Crippen LogP contribution in [0.5, 0.6) is 5.75 Å². The molecule has 1 aromatic carbocycles. The highest BCUT2D eigenvalue weighted by Crippen LogP contribution is 2.18. The maximum absolute atomic E-state index is 10.9. The van der Waals surface area contributed by atoms with E-state index >= 15 is 0 Å². The van der Waals surface area contributed by atoms with Crippen molar-refractivity contribution in [2.24, 2.45) is 11.8 Å². The molecule has 0 heterocycles. The van der Waals surface area contributed by atoms with Crippen LogP contribution in [0.4, 0.5) is 0 Å². The molecule has 88 valence electrons. The zero-order valence-corrected chi connectivity index (χ0v) is 10.1. The van der Waals surface area contributed by atoms with Crippen molar-refractivity contribution < 1.29 is 14.6 Å². The molecular formula is C12H15ClO3. The van der Waals surface area contributed by atoms with Gasteiger partial charge in [0.1, 0.15) is 12.4 Å². The number of halogens is 1. The van der Waals surface area contributed by atoms with Crippen molar-refractivity contribution in [3.05, 3.63) is 29.3 Å². The normalized spacial score (nSPS) is 12.5. The van der Waals surface area contributed by atoms with Crippen molar-refractivity contribution in [1.82, 2.24) is 0 Å². The van der Waals surface area contributed by atoms with Crippen LogP contribution in [0, 0.1) is 11.8 Å². The Morgan fingerprint density at radius 1 is 1.38 bits per heavy atom. The molecule has 1 rings (SSSR count). The standard InChI is InChI=1S/C12H15ClO3/c1-8(2)11(12(14)15)7-16-10-5-3-9(13)4-6-10/h3-6,8,11H,7H2,1-2H3,(H,14,15). The lowest BCUT2D eigenvalue weighted by atomic mass is 9.97. The van der Waals surface area contributed by atoms with Crippen molar-refractivity contribution in [2.75, 3.05) is 6.61 Å². The first-order valence-electron chi connectivity index (χ1n) is 5.12. The maximum atomic E-state index is 10.9. The summed E-state index contributed by atoms with van der Waals surface area (Å²) in [5.41, 5.74) is 0. The summed E-state index contributed by atoms with van der Waals surface area (Å²) in [5.74, 6) is -0.638. The van der Waals surface area contributed by atoms with E-state index < -0.39 is 11.9 Å². The maximum Gasteiger partial charge on any atom is 0.310 e. The minimum atomic E-state index is -0.830. The summed E-state index contributed by atoms with van der Waals surface area (Å²) in [5, 5.41) is 9.60. The highest BCUT2D eigenvalue weighted by atomic mass is 35.5. The van der Waals surface area contributed by atoms with Gasteiger partial charge in [0.2, 0.25) is 0 Å². The Balaban J connectivity index is 2.55. The van der Waals surface area contributed by atoms with Crippen molar-refractivity contribution in [2.45, 2.75) is 13.8 Å². The predicted molar refractivity (Wildman–Crippen MR) is 62.9 cm³/mol. The van der Waals surface area contributed by atoms with Gasteiger partial charge in [-0.1, -0.05) is 25.4 Å². The molecule has 1 aromatic rings. The van der Waals surface area contributed by atoms with E-state index in [2.05, 4.69) is 0 Å². The summed E-state index contributed by atoms with van der Waals surface area (Å²) in [6.07, 6.45) is 0. The van der Waals surface area contributed by atoms with Gasteiger partial charge in [0.25, 0.3) is 0 Å². The zero-order valence-electron chi connectivity index (χ0n) is 9.31. The van der Waals surface area contributed by atoms with Gasteiger partial charge >= 0.3 is 5.97 Å². The van der Waals surface area contributed by atoms with E-state index in [1.807, 2.05) is 13.8 Å². The zero-order chi connectivity index (χ0) is 12.1. The molecule has 0 amide bonds. The Morgan fingerprint density at radius 3 is 2.38 bits per heavy atom. The van der Waals surface area contributed by atoms with E-state index in [4.69, 9.17) is 21.4 Å². The molecule has 4 heteroatoms. The van der Waals surface area contributed by atoms with Crippen LogP contribution in [0.2, 0.25) is 5.02 Å². The highest BCUT2D eigenvalue weighted by Gasteiger charge is 2.22. The van der Waals surface area contributed by atoms with Crippen LogP contribution in [0.3, 0.4) is 0 Å². The van der Waals surface area contributed by atoms with Crippen LogP contribution in [0.1, 0.15) is 13.8 Å². The van der Waals surface area contributed by atoms with Gasteiger partial charge in [-0.05, 0) is 30.2 Å². The molecule has 0 radical (unpaired) electrons. The van der Waals surface area contributed by atoms with Crippen LogP contribution in [-0.2, 0) is 4.79 Å². The fourth-order valence-electron chi connectivity index (χ4n) is 1.27. The number of benzene rings is 1. The van der Waals surface area contributed by atoms with E-state index in [0.717, 1.165) is 0 Å². The lowest BCUT2D eigenvalue weighted by Gasteiger charge is -2.16. The van der Waals surface area contributed by atoms with Crippen LogP contribution in [-0.4, -0.2) is 17.7 Å². The van der Waals surface area contributed by atoms with Gasteiger partial charge in [-0.3, -0.25) is 4.79 Å². The molecule has 3 nitrogen and oxygen atoms in total. The average Bonchev–Trinajstić information content (AvgIpc) is 2.20. The minimum absolute atomic E-state index is 0.0461. The molecule has 0 saturated carbocycles. The molecule has 0 fully saturated rings. The third kappa shape index (κ3) is 3.74. The first-order chi connectivity index (χ1) is 7.50. The second-order valence-corrected chi connectivity index (χ2v) is 4.39. The van der Waals surface area contributed by atoms with E-state index in [1.165, 1.54) is 0 Å². The number of ether oxygens (including phenoxy) is 1. The second kappa shape index (κ2) is 5.75. The lowest BCUT2D eigenvalue weighted by molar-refractivity contribution is -0.144. The van der Waals surface area contributed by atoms with E-state index in [9.17, 15) is 4.79 Å². The second-order valence-electron chi connectivity index (χ2n) is 3.95. The van der Waals surface area contributed by atoms with E-state index in [0.29, 0.717) is 10.8 Å². The third-order valence-corrected chi connectivity index (χ3v) is 2.62. The number of hydrogen-bond donors (Lipinski definition) is 1. The first-order valence-corrected chi connectivity index (χ1v) is 5.49. The molecule has 0 aliphatic carbocycles. The molecule has 16 heavy (non-hydrogen) atoms. The number of rotatable bonds is 5. The van der Waals surface area contributed by atoms with Crippen molar-refractivity contribution in [3.8, 4) is 5.75 Å². The predicted octanol–water partition coefficient (Wildman–Crippen LogP) is 3.08. The molecule has 0 aliphatic heterocycles. The van der Waals surface area contributed by atoms with E-state index in [1.54, 1.807) is 24.3 Å². The monoisotopic (exact) mass is 242 g/mol. The molecular weight excluding hydrogens is 228 g/mol. The Kier molecular flexibility index (Phi) is 4.62. The van der Waals surface area contributed by atoms with Gasteiger partial charge in [0, 0.05) is 5.02 Å². The molecule has 1 N–H and O–H groups in total. The Bertz CT molecular complexity index is 346. The smallest absolute Gasteiger partial charge is 0.310 e. The van der Waals surface area contributed by atoms with Gasteiger partial charge in [-0.15, -0.1) is 0 Å². The quantitative estimate of drug-likeness (QED) is 0.863. The summed E-state index contributed by atoms with van der Waals surface area (Å²) < 4.78 is 5.41. The van der Waals surface area contributed by atoms with Gasteiger partial charge in [0.15, 0.2) is 0 Å². The summed E-state index contributed by atoms with van der Waals surface area (Å²) in [7, 11) is 0. The van der Waals surface area contributed by atoms with Crippen molar-refractivity contribution in [1.29, 1.82) is 0 Å². The Labute approximate surface area is 100.0 Å². The van der Waals surface area contributed by atoms with Crippen molar-refractivity contribution in [3.63, 3.8) is 0 Å². The lowest BCUT2D eigenvalue weighted by Crippen LogP contribution is -2.26.